The summed E-state index contributed by atoms with van der Waals surface area (Å²) in [6.45, 7) is 6.41. The molecule has 1 heterocycles. The highest BCUT2D eigenvalue weighted by atomic mass is 32.2. The van der Waals surface area contributed by atoms with E-state index in [0.29, 0.717) is 11.5 Å². The lowest BCUT2D eigenvalue weighted by Gasteiger charge is -2.32. The molecule has 47 heavy (non-hydrogen) atoms. The first kappa shape index (κ1) is 35.4. The number of aliphatic hydroxyl groups is 1. The van der Waals surface area contributed by atoms with E-state index in [9.17, 15) is 29.1 Å². The van der Waals surface area contributed by atoms with Gasteiger partial charge in [-0.25, -0.2) is 0 Å². The molecular formula is C35H42N4O7S. The van der Waals surface area contributed by atoms with E-state index in [1.165, 1.54) is 23.6 Å². The van der Waals surface area contributed by atoms with Crippen LogP contribution in [-0.4, -0.2) is 87.4 Å². The standard InChI is InChI=1S/C35H42N4O7S/c1-22(40)17-27(36-30(41)19-46-29-16-10-14-24-13-8-9-15-25(24)29)32(43)37-26(18-23-11-6-5-7-12-23)31(42)34(45)39-21-47-20-28(39)33(44)38-35(2,3)4/h5-16,26-28,31,42H,17-21H2,1-4H3,(H,36,41)(H,37,43)(H,38,44)/t26-,27-,28-,31-/m0/s1. The van der Waals surface area contributed by atoms with Gasteiger partial charge >= 0.3 is 0 Å². The molecule has 1 fully saturated rings. The van der Waals surface area contributed by atoms with Crippen molar-refractivity contribution in [3.8, 4) is 5.75 Å². The fourth-order valence-corrected chi connectivity index (χ4v) is 6.43. The van der Waals surface area contributed by atoms with Crippen molar-refractivity contribution in [2.24, 2.45) is 0 Å². The Balaban J connectivity index is 1.48. The lowest BCUT2D eigenvalue weighted by Crippen LogP contribution is -2.59. The van der Waals surface area contributed by atoms with Crippen LogP contribution in [0.25, 0.3) is 10.8 Å². The van der Waals surface area contributed by atoms with Crippen molar-refractivity contribution >= 4 is 51.9 Å². The molecule has 3 aromatic carbocycles. The smallest absolute Gasteiger partial charge is 0.258 e. The van der Waals surface area contributed by atoms with E-state index in [1.54, 1.807) is 36.4 Å². The van der Waals surface area contributed by atoms with Crippen molar-refractivity contribution in [3.05, 3.63) is 78.4 Å². The average Bonchev–Trinajstić information content (AvgIpc) is 3.52. The van der Waals surface area contributed by atoms with Gasteiger partial charge in [-0.05, 0) is 51.1 Å². The molecule has 1 saturated heterocycles. The highest BCUT2D eigenvalue weighted by Gasteiger charge is 2.41. The number of Topliss-reactive ketones (excluding diaryl/α,β-unsaturated/α-hetero) is 1. The van der Waals surface area contributed by atoms with Gasteiger partial charge in [0.1, 0.15) is 23.6 Å². The molecule has 0 spiro atoms. The van der Waals surface area contributed by atoms with Crippen LogP contribution in [0.15, 0.2) is 72.8 Å². The highest BCUT2D eigenvalue weighted by molar-refractivity contribution is 7.99. The molecule has 0 bridgehead atoms. The number of hydrogen-bond donors (Lipinski definition) is 4. The van der Waals surface area contributed by atoms with Crippen LogP contribution in [0.5, 0.6) is 5.75 Å². The minimum atomic E-state index is -1.72. The fourth-order valence-electron chi connectivity index (χ4n) is 5.26. The first-order valence-electron chi connectivity index (χ1n) is 15.4. The van der Waals surface area contributed by atoms with Crippen molar-refractivity contribution in [1.29, 1.82) is 0 Å². The number of ether oxygens (including phenoxy) is 1. The molecule has 3 aromatic rings. The van der Waals surface area contributed by atoms with Gasteiger partial charge in [-0.2, -0.15) is 0 Å². The minimum Gasteiger partial charge on any atom is -0.483 e. The largest absolute Gasteiger partial charge is 0.483 e. The summed E-state index contributed by atoms with van der Waals surface area (Å²) in [5, 5.41) is 21.3. The molecule has 4 N–H and O–H groups in total. The van der Waals surface area contributed by atoms with Crippen molar-refractivity contribution in [3.63, 3.8) is 0 Å². The molecule has 12 heteroatoms. The Kier molecular flexibility index (Phi) is 12.0. The maximum Gasteiger partial charge on any atom is 0.258 e. The zero-order valence-corrected chi connectivity index (χ0v) is 27.8. The minimum absolute atomic E-state index is 0.0737. The second kappa shape index (κ2) is 15.9. The third-order valence-electron chi connectivity index (χ3n) is 7.48. The first-order chi connectivity index (χ1) is 22.3. The molecule has 11 nitrogen and oxygen atoms in total. The molecule has 1 aliphatic rings. The Morgan fingerprint density at radius 2 is 1.64 bits per heavy atom. The molecule has 250 valence electrons. The lowest BCUT2D eigenvalue weighted by molar-refractivity contribution is -0.147. The summed E-state index contributed by atoms with van der Waals surface area (Å²) < 4.78 is 5.76. The Hall–Kier alpha value is -4.42. The summed E-state index contributed by atoms with van der Waals surface area (Å²) in [6, 6.07) is 18.8. The van der Waals surface area contributed by atoms with Gasteiger partial charge in [-0.1, -0.05) is 66.7 Å². The van der Waals surface area contributed by atoms with Crippen LogP contribution in [0.1, 0.15) is 39.7 Å². The van der Waals surface area contributed by atoms with E-state index in [4.69, 9.17) is 4.74 Å². The van der Waals surface area contributed by atoms with Crippen molar-refractivity contribution in [2.75, 3.05) is 18.2 Å². The van der Waals surface area contributed by atoms with E-state index >= 15 is 0 Å². The number of thioether (sulfide) groups is 1. The number of carbonyl (C=O) groups excluding carboxylic acids is 5. The van der Waals surface area contributed by atoms with Crippen molar-refractivity contribution in [1.82, 2.24) is 20.9 Å². The Bertz CT molecular complexity index is 1590. The van der Waals surface area contributed by atoms with Gasteiger partial charge in [-0.3, -0.25) is 24.0 Å². The molecule has 4 atom stereocenters. The SMILES string of the molecule is CC(=O)C[C@H](NC(=O)COc1cccc2ccccc12)C(=O)N[C@@H](Cc1ccccc1)[C@H](O)C(=O)N1CSC[C@H]1C(=O)NC(C)(C)C. The monoisotopic (exact) mass is 662 g/mol. The van der Waals surface area contributed by atoms with Crippen LogP contribution in [0, 0.1) is 0 Å². The summed E-state index contributed by atoms with van der Waals surface area (Å²) in [7, 11) is 0. The van der Waals surface area contributed by atoms with Crippen molar-refractivity contribution < 1.29 is 33.8 Å². The predicted molar refractivity (Wildman–Crippen MR) is 181 cm³/mol. The van der Waals surface area contributed by atoms with E-state index in [0.717, 1.165) is 16.3 Å². The quantitative estimate of drug-likeness (QED) is 0.218. The van der Waals surface area contributed by atoms with Gasteiger partial charge in [0.25, 0.3) is 11.8 Å². The van der Waals surface area contributed by atoms with E-state index in [2.05, 4.69) is 16.0 Å². The fraction of sp³-hybridized carbons (Fsp3) is 0.400. The summed E-state index contributed by atoms with van der Waals surface area (Å²) in [5.74, 6) is -1.71. The topological polar surface area (TPSA) is 154 Å². The van der Waals surface area contributed by atoms with E-state index in [-0.39, 0.29) is 30.4 Å². The van der Waals surface area contributed by atoms with Gasteiger partial charge in [0.05, 0.1) is 11.9 Å². The number of amides is 4. The first-order valence-corrected chi connectivity index (χ1v) is 16.6. The Morgan fingerprint density at radius 3 is 2.34 bits per heavy atom. The molecule has 0 aromatic heterocycles. The van der Waals surface area contributed by atoms with Crippen LogP contribution < -0.4 is 20.7 Å². The molecule has 4 amide bonds. The van der Waals surface area contributed by atoms with Crippen LogP contribution in [0.4, 0.5) is 0 Å². The Labute approximate surface area is 278 Å². The number of benzene rings is 3. The number of aliphatic hydroxyl groups excluding tert-OH is 1. The van der Waals surface area contributed by atoms with Gasteiger partial charge in [0, 0.05) is 23.1 Å². The van der Waals surface area contributed by atoms with Gasteiger partial charge in [-0.15, -0.1) is 11.8 Å². The number of fused-ring (bicyclic) bond motifs is 1. The average molecular weight is 663 g/mol. The zero-order chi connectivity index (χ0) is 34.1. The summed E-state index contributed by atoms with van der Waals surface area (Å²) in [6.07, 6.45) is -1.96. The van der Waals surface area contributed by atoms with Crippen LogP contribution in [0.2, 0.25) is 0 Å². The van der Waals surface area contributed by atoms with Crippen LogP contribution in [0.3, 0.4) is 0 Å². The summed E-state index contributed by atoms with van der Waals surface area (Å²) in [5.41, 5.74) is 0.218. The molecule has 4 rings (SSSR count). The maximum atomic E-state index is 13.7. The summed E-state index contributed by atoms with van der Waals surface area (Å²) in [4.78, 5) is 66.7. The number of carbonyl (C=O) groups is 5. The maximum absolute atomic E-state index is 13.7. The number of rotatable bonds is 13. The van der Waals surface area contributed by atoms with Gasteiger partial charge in [0.2, 0.25) is 11.8 Å². The second-order valence-electron chi connectivity index (χ2n) is 12.6. The number of hydrogen-bond acceptors (Lipinski definition) is 8. The summed E-state index contributed by atoms with van der Waals surface area (Å²) >= 11 is 1.39. The predicted octanol–water partition coefficient (Wildman–Crippen LogP) is 2.59. The van der Waals surface area contributed by atoms with Gasteiger partial charge in [0.15, 0.2) is 12.7 Å². The lowest BCUT2D eigenvalue weighted by atomic mass is 9.98. The molecular weight excluding hydrogens is 620 g/mol. The molecule has 0 aliphatic carbocycles. The van der Waals surface area contributed by atoms with Crippen LogP contribution >= 0.6 is 11.8 Å². The van der Waals surface area contributed by atoms with E-state index < -0.39 is 54.1 Å². The normalized spacial score (nSPS) is 16.5. The van der Waals surface area contributed by atoms with Crippen LogP contribution in [-0.2, 0) is 30.4 Å². The molecule has 0 radical (unpaired) electrons. The molecule has 0 saturated carbocycles. The zero-order valence-electron chi connectivity index (χ0n) is 27.0. The number of nitrogens with one attached hydrogen (secondary N) is 3. The third kappa shape index (κ3) is 10.0. The number of nitrogens with zero attached hydrogens (tertiary/aromatic N) is 1. The second-order valence-corrected chi connectivity index (χ2v) is 13.6. The Morgan fingerprint density at radius 1 is 0.957 bits per heavy atom. The van der Waals surface area contributed by atoms with E-state index in [1.807, 2.05) is 57.2 Å². The highest BCUT2D eigenvalue weighted by Crippen LogP contribution is 2.25. The third-order valence-corrected chi connectivity index (χ3v) is 8.49. The van der Waals surface area contributed by atoms with Gasteiger partial charge < -0.3 is 30.7 Å². The molecule has 0 unspecified atom stereocenters. The van der Waals surface area contributed by atoms with Crippen molar-refractivity contribution in [2.45, 2.75) is 70.3 Å². The molecule has 1 aliphatic heterocycles. The number of ketones is 1.